The zero-order chi connectivity index (χ0) is 16.9. The van der Waals surface area contributed by atoms with Crippen molar-refractivity contribution in [2.24, 2.45) is 11.8 Å². The second-order valence-electron chi connectivity index (χ2n) is 5.78. The lowest BCUT2D eigenvalue weighted by Gasteiger charge is -2.29. The van der Waals surface area contributed by atoms with Gasteiger partial charge in [0.2, 0.25) is 11.8 Å². The molecule has 0 bridgehead atoms. The molecule has 4 atom stereocenters. The van der Waals surface area contributed by atoms with Gasteiger partial charge in [0.1, 0.15) is 0 Å². The Balaban J connectivity index is 1.95. The lowest BCUT2D eigenvalue weighted by Crippen LogP contribution is -2.34. The summed E-state index contributed by atoms with van der Waals surface area (Å²) in [5, 5.41) is 0. The van der Waals surface area contributed by atoms with E-state index in [1.54, 1.807) is 0 Å². The fraction of sp³-hybridized carbons (Fsp3) is 0.467. The first kappa shape index (κ1) is 17.0. The fourth-order valence-electron chi connectivity index (χ4n) is 3.17. The highest BCUT2D eigenvalue weighted by Crippen LogP contribution is 2.44. The Morgan fingerprint density at radius 3 is 2.00 bits per heavy atom. The molecule has 1 aromatic rings. The molecule has 2 amide bonds. The van der Waals surface area contributed by atoms with Gasteiger partial charge in [-0.2, -0.15) is 13.2 Å². The standard InChI is InChI=1S/C15H12Br2F3NO2/c16-11-5-9-10(6-12(11)17)14(23)21(13(9)22)8-3-1-2-7(4-8)15(18,19)20/h1-4,9-12H,5-6H2/t9-,10-,11+,12+/m0/s1. The van der Waals surface area contributed by atoms with Crippen molar-refractivity contribution in [2.45, 2.75) is 28.7 Å². The van der Waals surface area contributed by atoms with E-state index in [0.29, 0.717) is 12.8 Å². The number of nitrogens with zero attached hydrogens (tertiary/aromatic N) is 1. The molecule has 3 rings (SSSR count). The van der Waals surface area contributed by atoms with Crippen LogP contribution < -0.4 is 4.90 Å². The molecule has 0 radical (unpaired) electrons. The highest BCUT2D eigenvalue weighted by molar-refractivity contribution is 9.12. The van der Waals surface area contributed by atoms with Gasteiger partial charge in [0, 0.05) is 9.65 Å². The van der Waals surface area contributed by atoms with Crippen molar-refractivity contribution in [3.05, 3.63) is 29.8 Å². The van der Waals surface area contributed by atoms with Gasteiger partial charge in [-0.05, 0) is 31.0 Å². The molecule has 0 unspecified atom stereocenters. The van der Waals surface area contributed by atoms with E-state index in [1.807, 2.05) is 0 Å². The summed E-state index contributed by atoms with van der Waals surface area (Å²) < 4.78 is 38.5. The normalized spacial score (nSPS) is 31.4. The summed E-state index contributed by atoms with van der Waals surface area (Å²) >= 11 is 6.95. The van der Waals surface area contributed by atoms with E-state index in [2.05, 4.69) is 31.9 Å². The Hall–Kier alpha value is -0.890. The number of fused-ring (bicyclic) bond motifs is 1. The molecule has 1 saturated heterocycles. The maximum Gasteiger partial charge on any atom is 0.416 e. The van der Waals surface area contributed by atoms with Gasteiger partial charge in [0.15, 0.2) is 0 Å². The Bertz CT molecular complexity index is 636. The smallest absolute Gasteiger partial charge is 0.274 e. The minimum Gasteiger partial charge on any atom is -0.274 e. The van der Waals surface area contributed by atoms with Gasteiger partial charge in [-0.3, -0.25) is 14.5 Å². The van der Waals surface area contributed by atoms with E-state index in [9.17, 15) is 22.8 Å². The van der Waals surface area contributed by atoms with Gasteiger partial charge in [-0.1, -0.05) is 37.9 Å². The Kier molecular flexibility index (Phi) is 4.33. The summed E-state index contributed by atoms with van der Waals surface area (Å²) in [7, 11) is 0. The number of anilines is 1. The number of hydrogen-bond acceptors (Lipinski definition) is 2. The average molecular weight is 455 g/mol. The number of carbonyl (C=O) groups excluding carboxylic acids is 2. The predicted octanol–water partition coefficient (Wildman–Crippen LogP) is 4.13. The molecular formula is C15H12Br2F3NO2. The molecule has 1 aliphatic heterocycles. The van der Waals surface area contributed by atoms with Crippen molar-refractivity contribution in [1.29, 1.82) is 0 Å². The molecule has 2 fully saturated rings. The molecule has 3 nitrogen and oxygen atoms in total. The first-order chi connectivity index (χ1) is 10.7. The van der Waals surface area contributed by atoms with Crippen molar-refractivity contribution < 1.29 is 22.8 Å². The fourth-order valence-corrected chi connectivity index (χ4v) is 4.41. The van der Waals surface area contributed by atoms with Crippen molar-refractivity contribution in [3.63, 3.8) is 0 Å². The molecule has 0 aromatic heterocycles. The summed E-state index contributed by atoms with van der Waals surface area (Å²) in [4.78, 5) is 26.1. The van der Waals surface area contributed by atoms with Crippen LogP contribution in [0.3, 0.4) is 0 Å². The number of halogens is 5. The minimum atomic E-state index is -4.52. The van der Waals surface area contributed by atoms with Crippen LogP contribution in [-0.2, 0) is 15.8 Å². The molecule has 8 heteroatoms. The van der Waals surface area contributed by atoms with Gasteiger partial charge in [0.05, 0.1) is 23.1 Å². The lowest BCUT2D eigenvalue weighted by atomic mass is 9.81. The lowest BCUT2D eigenvalue weighted by molar-refractivity contribution is -0.137. The molecule has 23 heavy (non-hydrogen) atoms. The molecular weight excluding hydrogens is 443 g/mol. The van der Waals surface area contributed by atoms with Crippen LogP contribution in [0.25, 0.3) is 0 Å². The van der Waals surface area contributed by atoms with Crippen LogP contribution in [0.5, 0.6) is 0 Å². The van der Waals surface area contributed by atoms with Crippen LogP contribution >= 0.6 is 31.9 Å². The Morgan fingerprint density at radius 1 is 1.00 bits per heavy atom. The van der Waals surface area contributed by atoms with Crippen molar-refractivity contribution in [1.82, 2.24) is 0 Å². The quantitative estimate of drug-likeness (QED) is 0.472. The third-order valence-electron chi connectivity index (χ3n) is 4.34. The van der Waals surface area contributed by atoms with Crippen molar-refractivity contribution >= 4 is 49.4 Å². The highest BCUT2D eigenvalue weighted by atomic mass is 79.9. The van der Waals surface area contributed by atoms with E-state index in [1.165, 1.54) is 12.1 Å². The van der Waals surface area contributed by atoms with E-state index in [-0.39, 0.29) is 15.3 Å². The molecule has 2 aliphatic rings. The highest BCUT2D eigenvalue weighted by Gasteiger charge is 2.52. The van der Waals surface area contributed by atoms with Gasteiger partial charge in [0.25, 0.3) is 0 Å². The first-order valence-corrected chi connectivity index (χ1v) is 8.86. The molecule has 1 aromatic carbocycles. The van der Waals surface area contributed by atoms with Crippen molar-refractivity contribution in [2.75, 3.05) is 4.90 Å². The summed E-state index contributed by atoms with van der Waals surface area (Å²) in [6.07, 6.45) is -3.54. The SMILES string of the molecule is O=C1[C@H]2C[C@@H](Br)[C@H](Br)C[C@@H]2C(=O)N1c1cccc(C(F)(F)F)c1. The number of alkyl halides is 5. The van der Waals surface area contributed by atoms with E-state index >= 15 is 0 Å². The van der Waals surface area contributed by atoms with Crippen molar-refractivity contribution in [3.8, 4) is 0 Å². The van der Waals surface area contributed by atoms with Gasteiger partial charge in [-0.25, -0.2) is 0 Å². The zero-order valence-electron chi connectivity index (χ0n) is 11.7. The monoisotopic (exact) mass is 453 g/mol. The average Bonchev–Trinajstić information content (AvgIpc) is 2.71. The number of amides is 2. The number of benzene rings is 1. The molecule has 1 saturated carbocycles. The summed E-state index contributed by atoms with van der Waals surface area (Å²) in [5.41, 5.74) is -0.885. The third-order valence-corrected chi connectivity index (χ3v) is 7.08. The molecule has 0 N–H and O–H groups in total. The van der Waals surface area contributed by atoms with Gasteiger partial charge in [-0.15, -0.1) is 0 Å². The Morgan fingerprint density at radius 2 is 1.52 bits per heavy atom. The second-order valence-corrected chi connectivity index (χ2v) is 8.13. The number of hydrogen-bond donors (Lipinski definition) is 0. The zero-order valence-corrected chi connectivity index (χ0v) is 14.9. The summed E-state index contributed by atoms with van der Waals surface area (Å²) in [6, 6.07) is 4.34. The maximum absolute atomic E-state index is 12.8. The van der Waals surface area contributed by atoms with Crippen LogP contribution in [0.4, 0.5) is 18.9 Å². The molecule has 124 valence electrons. The number of imide groups is 1. The summed E-state index contributed by atoms with van der Waals surface area (Å²) in [5.74, 6) is -1.78. The third kappa shape index (κ3) is 2.95. The molecule has 1 heterocycles. The Labute approximate surface area is 147 Å². The van der Waals surface area contributed by atoms with E-state index in [0.717, 1.165) is 17.0 Å². The van der Waals surface area contributed by atoms with Gasteiger partial charge >= 0.3 is 6.18 Å². The second kappa shape index (κ2) is 5.88. The number of carbonyl (C=O) groups is 2. The van der Waals surface area contributed by atoms with E-state index < -0.39 is 35.4 Å². The van der Waals surface area contributed by atoms with Crippen LogP contribution in [0, 0.1) is 11.8 Å². The van der Waals surface area contributed by atoms with Crippen LogP contribution in [-0.4, -0.2) is 21.5 Å². The first-order valence-electron chi connectivity index (χ1n) is 7.03. The topological polar surface area (TPSA) is 37.4 Å². The summed E-state index contributed by atoms with van der Waals surface area (Å²) in [6.45, 7) is 0. The van der Waals surface area contributed by atoms with Crippen LogP contribution in [0.1, 0.15) is 18.4 Å². The van der Waals surface area contributed by atoms with Gasteiger partial charge < -0.3 is 0 Å². The van der Waals surface area contributed by atoms with Crippen LogP contribution in [0.15, 0.2) is 24.3 Å². The molecule has 1 aliphatic carbocycles. The molecule has 0 spiro atoms. The predicted molar refractivity (Wildman–Crippen MR) is 85.6 cm³/mol. The minimum absolute atomic E-state index is 0.0125. The van der Waals surface area contributed by atoms with E-state index in [4.69, 9.17) is 0 Å². The largest absolute Gasteiger partial charge is 0.416 e. The maximum atomic E-state index is 12.8. The van der Waals surface area contributed by atoms with Crippen LogP contribution in [0.2, 0.25) is 0 Å². The number of rotatable bonds is 1.